The van der Waals surface area contributed by atoms with Gasteiger partial charge in [0.1, 0.15) is 0 Å². The summed E-state index contributed by atoms with van der Waals surface area (Å²) in [6.45, 7) is 0. The van der Waals surface area contributed by atoms with Gasteiger partial charge in [-0.2, -0.15) is 5.26 Å². The summed E-state index contributed by atoms with van der Waals surface area (Å²) >= 11 is 4.50. The van der Waals surface area contributed by atoms with E-state index in [4.69, 9.17) is 5.26 Å². The molecule has 0 saturated heterocycles. The van der Waals surface area contributed by atoms with Crippen molar-refractivity contribution in [3.05, 3.63) is 56.7 Å². The van der Waals surface area contributed by atoms with Gasteiger partial charge in [-0.1, -0.05) is 34.1 Å². The molecule has 0 bridgehead atoms. The molecule has 0 saturated carbocycles. The Balaban J connectivity index is 2.28. The van der Waals surface area contributed by atoms with Crippen LogP contribution in [0.4, 0.5) is 0 Å². The van der Waals surface area contributed by atoms with E-state index < -0.39 is 17.5 Å². The number of thiophene rings is 1. The molecular weight excluding hydrogens is 326 g/mol. The van der Waals surface area contributed by atoms with E-state index in [1.54, 1.807) is 47.8 Å². The monoisotopic (exact) mass is 333 g/mol. The second-order valence-corrected chi connectivity index (χ2v) is 5.64. The highest BCUT2D eigenvalue weighted by molar-refractivity contribution is 9.10. The first kappa shape index (κ1) is 13.7. The minimum Gasteiger partial charge on any atom is -0.292 e. The Morgan fingerprint density at radius 2 is 1.84 bits per heavy atom. The molecule has 0 fully saturated rings. The standard InChI is InChI=1S/C14H8BrNO2S/c15-10-5-3-9(4-6-10)13(17)11(8-16)14(18)12-2-1-7-19-12/h1-7,11H/t11-/m0/s1. The lowest BCUT2D eigenvalue weighted by molar-refractivity contribution is 0.0848. The normalized spacial score (nSPS) is 11.6. The number of hydrogen-bond acceptors (Lipinski definition) is 4. The lowest BCUT2D eigenvalue weighted by Crippen LogP contribution is -2.22. The van der Waals surface area contributed by atoms with Crippen LogP contribution >= 0.6 is 27.3 Å². The molecule has 0 aliphatic carbocycles. The SMILES string of the molecule is N#C[C@@H](C(=O)c1ccc(Br)cc1)C(=O)c1cccs1. The van der Waals surface area contributed by atoms with E-state index in [1.165, 1.54) is 11.3 Å². The molecule has 0 N–H and O–H groups in total. The van der Waals surface area contributed by atoms with Crippen LogP contribution in [0.1, 0.15) is 20.0 Å². The van der Waals surface area contributed by atoms with Crippen molar-refractivity contribution in [1.29, 1.82) is 5.26 Å². The van der Waals surface area contributed by atoms with Gasteiger partial charge in [0.15, 0.2) is 17.5 Å². The number of hydrogen-bond donors (Lipinski definition) is 0. The van der Waals surface area contributed by atoms with Crippen LogP contribution in [-0.4, -0.2) is 11.6 Å². The highest BCUT2D eigenvalue weighted by atomic mass is 79.9. The van der Waals surface area contributed by atoms with E-state index in [9.17, 15) is 9.59 Å². The van der Waals surface area contributed by atoms with Gasteiger partial charge in [0.2, 0.25) is 0 Å². The van der Waals surface area contributed by atoms with Crippen LogP contribution in [0.5, 0.6) is 0 Å². The van der Waals surface area contributed by atoms with E-state index in [-0.39, 0.29) is 0 Å². The quantitative estimate of drug-likeness (QED) is 0.632. The van der Waals surface area contributed by atoms with Gasteiger partial charge in [0.25, 0.3) is 0 Å². The van der Waals surface area contributed by atoms with E-state index >= 15 is 0 Å². The summed E-state index contributed by atoms with van der Waals surface area (Å²) < 4.78 is 0.835. The van der Waals surface area contributed by atoms with Crippen LogP contribution < -0.4 is 0 Å². The fourth-order valence-electron chi connectivity index (χ4n) is 1.58. The second-order valence-electron chi connectivity index (χ2n) is 3.77. The summed E-state index contributed by atoms with van der Waals surface area (Å²) in [5, 5.41) is 10.8. The molecule has 1 atom stereocenters. The van der Waals surface area contributed by atoms with Crippen LogP contribution in [0, 0.1) is 17.2 Å². The molecule has 2 aromatic rings. The van der Waals surface area contributed by atoms with Gasteiger partial charge in [-0.05, 0) is 23.6 Å². The minimum absolute atomic E-state index is 0.361. The molecule has 0 radical (unpaired) electrons. The fourth-order valence-corrected chi connectivity index (χ4v) is 2.54. The Bertz CT molecular complexity index is 641. The van der Waals surface area contributed by atoms with Crippen molar-refractivity contribution < 1.29 is 9.59 Å². The zero-order valence-corrected chi connectivity index (χ0v) is 12.1. The summed E-state index contributed by atoms with van der Waals surface area (Å²) in [6, 6.07) is 11.7. The third kappa shape index (κ3) is 2.98. The molecule has 0 unspecified atom stereocenters. The van der Waals surface area contributed by atoms with Gasteiger partial charge in [-0.3, -0.25) is 9.59 Å². The molecule has 0 aliphatic rings. The Labute approximate surface area is 122 Å². The fraction of sp³-hybridized carbons (Fsp3) is 0.0714. The van der Waals surface area contributed by atoms with Crippen molar-refractivity contribution in [3.8, 4) is 6.07 Å². The zero-order valence-electron chi connectivity index (χ0n) is 9.67. The third-order valence-electron chi connectivity index (χ3n) is 2.55. The Morgan fingerprint density at radius 3 is 2.37 bits per heavy atom. The summed E-state index contributed by atoms with van der Waals surface area (Å²) in [5.74, 6) is -2.18. The van der Waals surface area contributed by atoms with E-state index in [1.807, 2.05) is 0 Å². The summed E-state index contributed by atoms with van der Waals surface area (Å²) in [6.07, 6.45) is 0. The number of Topliss-reactive ketones (excluding diaryl/α,β-unsaturated/α-hetero) is 2. The average Bonchev–Trinajstić information content (AvgIpc) is 2.94. The number of ketones is 2. The molecular formula is C14H8BrNO2S. The molecule has 0 aliphatic heterocycles. The molecule has 0 spiro atoms. The lowest BCUT2D eigenvalue weighted by atomic mass is 9.94. The Morgan fingerprint density at radius 1 is 1.16 bits per heavy atom. The first-order valence-electron chi connectivity index (χ1n) is 5.40. The van der Waals surface area contributed by atoms with E-state index in [0.717, 1.165) is 4.47 Å². The van der Waals surface area contributed by atoms with Crippen LogP contribution in [0.3, 0.4) is 0 Å². The van der Waals surface area contributed by atoms with Crippen molar-refractivity contribution >= 4 is 38.8 Å². The largest absolute Gasteiger partial charge is 0.292 e. The molecule has 1 aromatic carbocycles. The number of carbonyl (C=O) groups is 2. The maximum atomic E-state index is 12.2. The van der Waals surface area contributed by atoms with Gasteiger partial charge < -0.3 is 0 Å². The molecule has 2 rings (SSSR count). The second kappa shape index (κ2) is 5.91. The van der Waals surface area contributed by atoms with Crippen molar-refractivity contribution in [2.45, 2.75) is 0 Å². The van der Waals surface area contributed by atoms with Crippen molar-refractivity contribution in [2.75, 3.05) is 0 Å². The van der Waals surface area contributed by atoms with Crippen LogP contribution in [0.25, 0.3) is 0 Å². The van der Waals surface area contributed by atoms with Crippen LogP contribution in [0.15, 0.2) is 46.3 Å². The zero-order chi connectivity index (χ0) is 13.8. The van der Waals surface area contributed by atoms with Gasteiger partial charge in [0.05, 0.1) is 10.9 Å². The predicted octanol–water partition coefficient (Wildman–Crippen LogP) is 3.72. The first-order chi connectivity index (χ1) is 9.13. The Hall–Kier alpha value is -1.77. The molecule has 1 heterocycles. The van der Waals surface area contributed by atoms with Gasteiger partial charge >= 0.3 is 0 Å². The molecule has 19 heavy (non-hydrogen) atoms. The summed E-state index contributed by atoms with van der Waals surface area (Å²) in [7, 11) is 0. The first-order valence-corrected chi connectivity index (χ1v) is 7.08. The molecule has 3 nitrogen and oxygen atoms in total. The van der Waals surface area contributed by atoms with Gasteiger partial charge in [0, 0.05) is 10.0 Å². The predicted molar refractivity (Wildman–Crippen MR) is 76.2 cm³/mol. The van der Waals surface area contributed by atoms with Crippen molar-refractivity contribution in [1.82, 2.24) is 0 Å². The maximum Gasteiger partial charge on any atom is 0.197 e. The molecule has 94 valence electrons. The number of halogens is 1. The molecule has 1 aromatic heterocycles. The number of benzene rings is 1. The topological polar surface area (TPSA) is 57.9 Å². The van der Waals surface area contributed by atoms with Crippen LogP contribution in [-0.2, 0) is 0 Å². The number of carbonyl (C=O) groups excluding carboxylic acids is 2. The lowest BCUT2D eigenvalue weighted by Gasteiger charge is -2.06. The van der Waals surface area contributed by atoms with E-state index in [2.05, 4.69) is 15.9 Å². The van der Waals surface area contributed by atoms with Crippen LogP contribution in [0.2, 0.25) is 0 Å². The number of nitriles is 1. The summed E-state index contributed by atoms with van der Waals surface area (Å²) in [4.78, 5) is 24.7. The maximum absolute atomic E-state index is 12.2. The highest BCUT2D eigenvalue weighted by Crippen LogP contribution is 2.19. The smallest absolute Gasteiger partial charge is 0.197 e. The van der Waals surface area contributed by atoms with Crippen molar-refractivity contribution in [2.24, 2.45) is 5.92 Å². The average molecular weight is 334 g/mol. The minimum atomic E-state index is -1.28. The van der Waals surface area contributed by atoms with Gasteiger partial charge in [-0.15, -0.1) is 11.3 Å². The number of nitrogens with zero attached hydrogens (tertiary/aromatic N) is 1. The summed E-state index contributed by atoms with van der Waals surface area (Å²) in [5.41, 5.74) is 0.361. The van der Waals surface area contributed by atoms with Gasteiger partial charge in [-0.25, -0.2) is 0 Å². The third-order valence-corrected chi connectivity index (χ3v) is 3.96. The highest BCUT2D eigenvalue weighted by Gasteiger charge is 2.28. The molecule has 5 heteroatoms. The Kier molecular flexibility index (Phi) is 4.25. The number of rotatable bonds is 4. The molecule has 0 amide bonds. The van der Waals surface area contributed by atoms with E-state index in [0.29, 0.717) is 10.4 Å². The van der Waals surface area contributed by atoms with Crippen molar-refractivity contribution in [3.63, 3.8) is 0 Å².